The van der Waals surface area contributed by atoms with E-state index in [0.29, 0.717) is 35.3 Å². The zero-order chi connectivity index (χ0) is 33.2. The van der Waals surface area contributed by atoms with E-state index < -0.39 is 28.6 Å². The van der Waals surface area contributed by atoms with Crippen LogP contribution in [0.15, 0.2) is 108 Å². The van der Waals surface area contributed by atoms with E-state index in [2.05, 4.69) is 5.32 Å². The highest BCUT2D eigenvalue weighted by molar-refractivity contribution is 7.89. The number of carbonyl (C=O) groups excluding carboxylic acids is 2. The average Bonchev–Trinajstić information content (AvgIpc) is 3.11. The number of hydrogen-bond donors (Lipinski definition) is 1. The number of rotatable bonds is 13. The molecule has 1 atom stereocenters. The summed E-state index contributed by atoms with van der Waals surface area (Å²) in [6.07, 6.45) is 0. The summed E-state index contributed by atoms with van der Waals surface area (Å²) in [6, 6.07) is 28.4. The Morgan fingerprint density at radius 3 is 2.13 bits per heavy atom. The van der Waals surface area contributed by atoms with Crippen LogP contribution in [0.4, 0.5) is 0 Å². The second kappa shape index (κ2) is 15.9. The summed E-state index contributed by atoms with van der Waals surface area (Å²) >= 11 is 6.12. The molecule has 0 radical (unpaired) electrons. The van der Waals surface area contributed by atoms with Crippen molar-refractivity contribution >= 4 is 33.4 Å². The zero-order valence-electron chi connectivity index (χ0n) is 25.9. The van der Waals surface area contributed by atoms with Gasteiger partial charge in [0.25, 0.3) is 5.91 Å². The van der Waals surface area contributed by atoms with Crippen LogP contribution < -0.4 is 14.8 Å². The predicted molar refractivity (Wildman–Crippen MR) is 178 cm³/mol. The van der Waals surface area contributed by atoms with Gasteiger partial charge in [-0.2, -0.15) is 4.31 Å². The molecular formula is C35H36ClN3O7S. The fraction of sp³-hybridized carbons (Fsp3) is 0.257. The van der Waals surface area contributed by atoms with E-state index in [4.69, 9.17) is 25.8 Å². The number of methoxy groups -OCH3 is 1. The molecule has 10 nitrogen and oxygen atoms in total. The van der Waals surface area contributed by atoms with Crippen LogP contribution in [-0.4, -0.2) is 69.5 Å². The highest BCUT2D eigenvalue weighted by atomic mass is 35.5. The first kappa shape index (κ1) is 33.9. The zero-order valence-corrected chi connectivity index (χ0v) is 27.5. The van der Waals surface area contributed by atoms with Gasteiger partial charge < -0.3 is 24.4 Å². The molecule has 1 fully saturated rings. The smallest absolute Gasteiger partial charge is 0.261 e. The standard InChI is InChI=1S/C35H36ClN3O7S/c1-44-30-13-9-26(10-14-30)23-37-35(41)34(28-5-3-2-4-6-28)39(24-27-7-11-29(36)12-8-27)33(40)25-46-31-15-17-32(18-16-31)47(42,43)38-19-21-45-22-20-38/h2-18,34H,19-25H2,1H3,(H,37,41)/t34-/m0/s1. The number of sulfonamides is 1. The van der Waals surface area contributed by atoms with E-state index in [0.717, 1.165) is 11.1 Å². The highest BCUT2D eigenvalue weighted by Gasteiger charge is 2.32. The van der Waals surface area contributed by atoms with Gasteiger partial charge in [-0.25, -0.2) is 8.42 Å². The monoisotopic (exact) mass is 677 g/mol. The second-order valence-electron chi connectivity index (χ2n) is 10.8. The number of nitrogens with zero attached hydrogens (tertiary/aromatic N) is 2. The van der Waals surface area contributed by atoms with Crippen molar-refractivity contribution in [2.24, 2.45) is 0 Å². The molecule has 4 aromatic rings. The normalized spacial score (nSPS) is 14.2. The van der Waals surface area contributed by atoms with Crippen molar-refractivity contribution in [1.82, 2.24) is 14.5 Å². The Bertz CT molecular complexity index is 1730. The van der Waals surface area contributed by atoms with Gasteiger partial charge in [0.15, 0.2) is 6.61 Å². The number of nitrogens with one attached hydrogen (secondary N) is 1. The minimum atomic E-state index is -3.68. The van der Waals surface area contributed by atoms with Crippen molar-refractivity contribution in [2.75, 3.05) is 40.0 Å². The van der Waals surface area contributed by atoms with E-state index >= 15 is 0 Å². The van der Waals surface area contributed by atoms with Crippen LogP contribution in [-0.2, 0) is 37.4 Å². The summed E-state index contributed by atoms with van der Waals surface area (Å²) in [6.45, 7) is 1.22. The lowest BCUT2D eigenvalue weighted by Crippen LogP contribution is -2.45. The fourth-order valence-corrected chi connectivity index (χ4v) is 6.65. The molecule has 246 valence electrons. The first-order valence-corrected chi connectivity index (χ1v) is 16.9. The van der Waals surface area contributed by atoms with Crippen molar-refractivity contribution in [3.8, 4) is 11.5 Å². The SMILES string of the molecule is COc1ccc(CNC(=O)[C@H](c2ccccc2)N(Cc2ccc(Cl)cc2)C(=O)COc2ccc(S(=O)(=O)N3CCOCC3)cc2)cc1. The quantitative estimate of drug-likeness (QED) is 0.216. The summed E-state index contributed by atoms with van der Waals surface area (Å²) in [5, 5.41) is 3.53. The molecule has 47 heavy (non-hydrogen) atoms. The van der Waals surface area contributed by atoms with Gasteiger partial charge in [-0.1, -0.05) is 66.2 Å². The van der Waals surface area contributed by atoms with Gasteiger partial charge in [0.1, 0.15) is 17.5 Å². The number of halogens is 1. The lowest BCUT2D eigenvalue weighted by atomic mass is 10.0. The second-order valence-corrected chi connectivity index (χ2v) is 13.2. The Hall–Kier alpha value is -4.42. The molecule has 0 unspecified atom stereocenters. The molecule has 2 amide bonds. The van der Waals surface area contributed by atoms with Gasteiger partial charge in [-0.15, -0.1) is 0 Å². The number of amides is 2. The van der Waals surface area contributed by atoms with Crippen molar-refractivity contribution in [3.05, 3.63) is 125 Å². The van der Waals surface area contributed by atoms with Gasteiger partial charge in [0.05, 0.1) is 25.2 Å². The lowest BCUT2D eigenvalue weighted by Gasteiger charge is -2.31. The summed E-state index contributed by atoms with van der Waals surface area (Å²) < 4.78 is 43.8. The molecule has 4 aromatic carbocycles. The van der Waals surface area contributed by atoms with Gasteiger partial charge in [-0.3, -0.25) is 9.59 Å². The number of hydrogen-bond acceptors (Lipinski definition) is 7. The maximum atomic E-state index is 14.0. The Morgan fingerprint density at radius 1 is 0.872 bits per heavy atom. The third-order valence-electron chi connectivity index (χ3n) is 7.68. The molecule has 0 aliphatic carbocycles. The van der Waals surface area contributed by atoms with Gasteiger partial charge >= 0.3 is 0 Å². The van der Waals surface area contributed by atoms with Crippen LogP contribution in [0.3, 0.4) is 0 Å². The van der Waals surface area contributed by atoms with Crippen LogP contribution in [0.25, 0.3) is 0 Å². The Kier molecular flexibility index (Phi) is 11.5. The van der Waals surface area contributed by atoms with Crippen LogP contribution in [0, 0.1) is 0 Å². The lowest BCUT2D eigenvalue weighted by molar-refractivity contribution is -0.143. The minimum absolute atomic E-state index is 0.103. The highest BCUT2D eigenvalue weighted by Crippen LogP contribution is 2.26. The summed E-state index contributed by atoms with van der Waals surface area (Å²) in [5.41, 5.74) is 2.26. The molecule has 1 aliphatic heterocycles. The summed E-state index contributed by atoms with van der Waals surface area (Å²) in [7, 11) is -2.09. The van der Waals surface area contributed by atoms with Crippen molar-refractivity contribution < 1.29 is 32.2 Å². The van der Waals surface area contributed by atoms with Crippen molar-refractivity contribution in [3.63, 3.8) is 0 Å². The Balaban J connectivity index is 1.36. The van der Waals surface area contributed by atoms with E-state index in [1.807, 2.05) is 42.5 Å². The third-order valence-corrected chi connectivity index (χ3v) is 9.85. The molecule has 5 rings (SSSR count). The number of morpholine rings is 1. The molecule has 1 aliphatic rings. The first-order valence-electron chi connectivity index (χ1n) is 15.0. The molecule has 1 heterocycles. The Labute approximate surface area is 279 Å². The summed E-state index contributed by atoms with van der Waals surface area (Å²) in [4.78, 5) is 29.5. The fourth-order valence-electron chi connectivity index (χ4n) is 5.12. The number of carbonyl (C=O) groups is 2. The molecule has 1 saturated heterocycles. The van der Waals surface area contributed by atoms with Gasteiger partial charge in [-0.05, 0) is 65.2 Å². The molecule has 12 heteroatoms. The van der Waals surface area contributed by atoms with Crippen LogP contribution in [0.5, 0.6) is 11.5 Å². The minimum Gasteiger partial charge on any atom is -0.497 e. The maximum absolute atomic E-state index is 14.0. The topological polar surface area (TPSA) is 114 Å². The van der Waals surface area contributed by atoms with Crippen molar-refractivity contribution in [1.29, 1.82) is 0 Å². The van der Waals surface area contributed by atoms with E-state index in [-0.39, 0.29) is 37.0 Å². The van der Waals surface area contributed by atoms with Gasteiger partial charge in [0.2, 0.25) is 15.9 Å². The number of benzene rings is 4. The molecule has 0 aromatic heterocycles. The molecule has 0 bridgehead atoms. The largest absolute Gasteiger partial charge is 0.497 e. The average molecular weight is 678 g/mol. The molecule has 0 spiro atoms. The van der Waals surface area contributed by atoms with Gasteiger partial charge in [0, 0.05) is 31.2 Å². The van der Waals surface area contributed by atoms with Crippen molar-refractivity contribution in [2.45, 2.75) is 24.0 Å². The third kappa shape index (κ3) is 8.89. The maximum Gasteiger partial charge on any atom is 0.261 e. The molecule has 0 saturated carbocycles. The van der Waals surface area contributed by atoms with Crippen LogP contribution in [0.1, 0.15) is 22.7 Å². The van der Waals surface area contributed by atoms with Crippen LogP contribution >= 0.6 is 11.6 Å². The van der Waals surface area contributed by atoms with E-state index in [9.17, 15) is 18.0 Å². The summed E-state index contributed by atoms with van der Waals surface area (Å²) in [5.74, 6) is 0.201. The number of ether oxygens (including phenoxy) is 3. The van der Waals surface area contributed by atoms with Crippen LogP contribution in [0.2, 0.25) is 5.02 Å². The predicted octanol–water partition coefficient (Wildman–Crippen LogP) is 4.83. The van der Waals surface area contributed by atoms with E-state index in [1.54, 1.807) is 43.5 Å². The molecular weight excluding hydrogens is 642 g/mol. The first-order chi connectivity index (χ1) is 22.7. The molecule has 1 N–H and O–H groups in total. The van der Waals surface area contributed by atoms with E-state index in [1.165, 1.54) is 33.5 Å². The Morgan fingerprint density at radius 2 is 1.49 bits per heavy atom.